The lowest BCUT2D eigenvalue weighted by atomic mass is 10.0. The molecule has 0 N–H and O–H groups in total. The van der Waals surface area contributed by atoms with Gasteiger partial charge in [-0.3, -0.25) is 4.79 Å². The maximum Gasteiger partial charge on any atom is 0.281 e. The fraction of sp³-hybridized carbons (Fsp3) is 0.682. The number of hydrogen-bond donors (Lipinski definition) is 0. The fourth-order valence-corrected chi connectivity index (χ4v) is 5.65. The van der Waals surface area contributed by atoms with E-state index < -0.39 is 10.2 Å². The number of carbonyl (C=O) groups excluding carboxylic acids is 1. The molecule has 0 spiro atoms. The lowest BCUT2D eigenvalue weighted by molar-refractivity contribution is 0.0690. The van der Waals surface area contributed by atoms with Gasteiger partial charge >= 0.3 is 0 Å². The number of amides is 1. The Kier molecular flexibility index (Phi) is 6.10. The van der Waals surface area contributed by atoms with E-state index in [0.717, 1.165) is 5.75 Å². The number of rotatable bonds is 8. The van der Waals surface area contributed by atoms with Crippen LogP contribution >= 0.6 is 0 Å². The third-order valence-electron chi connectivity index (χ3n) is 6.57. The highest BCUT2D eigenvalue weighted by Crippen LogP contribution is 2.47. The van der Waals surface area contributed by atoms with Crippen molar-refractivity contribution in [3.63, 3.8) is 0 Å². The highest BCUT2D eigenvalue weighted by molar-refractivity contribution is 7.86. The van der Waals surface area contributed by atoms with Gasteiger partial charge in [0.05, 0.1) is 0 Å². The number of piperidine rings is 1. The van der Waals surface area contributed by atoms with Crippen LogP contribution in [0.1, 0.15) is 48.9 Å². The Morgan fingerprint density at radius 3 is 1.97 bits per heavy atom. The molecule has 166 valence electrons. The van der Waals surface area contributed by atoms with Gasteiger partial charge in [-0.1, -0.05) is 0 Å². The van der Waals surface area contributed by atoms with Crippen LogP contribution in [0.2, 0.25) is 0 Å². The van der Waals surface area contributed by atoms with Gasteiger partial charge in [0.15, 0.2) is 0 Å². The zero-order valence-corrected chi connectivity index (χ0v) is 19.0. The molecule has 1 aliphatic heterocycles. The average molecular weight is 436 g/mol. The Bertz CT molecular complexity index is 843. The second-order valence-corrected chi connectivity index (χ2v) is 11.3. The summed E-state index contributed by atoms with van der Waals surface area (Å²) in [4.78, 5) is 14.9. The minimum atomic E-state index is -3.36. The van der Waals surface area contributed by atoms with Gasteiger partial charge in [-0.2, -0.15) is 17.0 Å². The first-order chi connectivity index (χ1) is 14.3. The molecule has 1 heterocycles. The lowest BCUT2D eigenvalue weighted by Gasteiger charge is -2.32. The molecule has 0 atom stereocenters. The average Bonchev–Trinajstić information content (AvgIpc) is 3.64. The Labute approximate surface area is 180 Å². The van der Waals surface area contributed by atoms with Gasteiger partial charge in [-0.25, -0.2) is 0 Å². The zero-order chi connectivity index (χ0) is 21.5. The maximum atomic E-state index is 13.0. The molecular weight excluding hydrogens is 402 g/mol. The van der Waals surface area contributed by atoms with Gasteiger partial charge in [0.25, 0.3) is 16.1 Å². The van der Waals surface area contributed by atoms with E-state index in [9.17, 15) is 13.2 Å². The van der Waals surface area contributed by atoms with Gasteiger partial charge < -0.3 is 9.64 Å². The van der Waals surface area contributed by atoms with Crippen LogP contribution in [0.15, 0.2) is 24.3 Å². The second-order valence-electron chi connectivity index (χ2n) is 9.11. The van der Waals surface area contributed by atoms with Crippen molar-refractivity contribution in [3.05, 3.63) is 29.8 Å². The monoisotopic (exact) mass is 435 g/mol. The molecule has 4 rings (SSSR count). The van der Waals surface area contributed by atoms with Gasteiger partial charge in [-0.15, -0.1) is 0 Å². The molecule has 3 fully saturated rings. The molecule has 8 heteroatoms. The van der Waals surface area contributed by atoms with Crippen molar-refractivity contribution in [2.75, 3.05) is 34.2 Å². The van der Waals surface area contributed by atoms with E-state index >= 15 is 0 Å². The second kappa shape index (κ2) is 8.48. The van der Waals surface area contributed by atoms with Crippen LogP contribution in [0.5, 0.6) is 5.75 Å². The number of nitrogens with zero attached hydrogens (tertiary/aromatic N) is 3. The Morgan fingerprint density at radius 2 is 1.50 bits per heavy atom. The van der Waals surface area contributed by atoms with Crippen molar-refractivity contribution in [1.82, 2.24) is 13.5 Å². The van der Waals surface area contributed by atoms with Crippen LogP contribution < -0.4 is 4.74 Å². The summed E-state index contributed by atoms with van der Waals surface area (Å²) in [6.45, 7) is 0.909. The summed E-state index contributed by atoms with van der Waals surface area (Å²) in [5, 5.41) is 0. The molecule has 2 saturated carbocycles. The first-order valence-corrected chi connectivity index (χ1v) is 12.4. The predicted octanol–water partition coefficient (Wildman–Crippen LogP) is 2.60. The number of carbonyl (C=O) groups is 1. The van der Waals surface area contributed by atoms with Gasteiger partial charge in [0, 0.05) is 45.8 Å². The van der Waals surface area contributed by atoms with Crippen LogP contribution in [0.3, 0.4) is 0 Å². The normalized spacial score (nSPS) is 21.2. The molecule has 1 amide bonds. The van der Waals surface area contributed by atoms with Gasteiger partial charge in [-0.05, 0) is 74.6 Å². The summed E-state index contributed by atoms with van der Waals surface area (Å²) >= 11 is 0. The molecule has 30 heavy (non-hydrogen) atoms. The topological polar surface area (TPSA) is 70.2 Å². The largest absolute Gasteiger partial charge is 0.490 e. The maximum absolute atomic E-state index is 13.0. The van der Waals surface area contributed by atoms with Gasteiger partial charge in [0.1, 0.15) is 11.9 Å². The van der Waals surface area contributed by atoms with Crippen molar-refractivity contribution in [2.45, 2.75) is 50.7 Å². The van der Waals surface area contributed by atoms with E-state index in [4.69, 9.17) is 4.74 Å². The summed E-state index contributed by atoms with van der Waals surface area (Å²) in [5.74, 6) is 2.20. The van der Waals surface area contributed by atoms with E-state index in [0.29, 0.717) is 49.4 Å². The zero-order valence-electron chi connectivity index (χ0n) is 18.2. The molecule has 0 bridgehead atoms. The molecule has 1 aromatic rings. The molecule has 1 saturated heterocycles. The van der Waals surface area contributed by atoms with E-state index in [1.54, 1.807) is 14.1 Å². The van der Waals surface area contributed by atoms with E-state index in [1.165, 1.54) is 34.3 Å². The van der Waals surface area contributed by atoms with Crippen molar-refractivity contribution in [1.29, 1.82) is 0 Å². The molecule has 0 unspecified atom stereocenters. The summed E-state index contributed by atoms with van der Waals surface area (Å²) < 4.78 is 33.2. The van der Waals surface area contributed by atoms with Crippen LogP contribution in [-0.2, 0) is 10.2 Å². The van der Waals surface area contributed by atoms with Gasteiger partial charge in [0.2, 0.25) is 0 Å². The fourth-order valence-electron chi connectivity index (χ4n) is 4.51. The minimum absolute atomic E-state index is 0.0167. The van der Waals surface area contributed by atoms with Crippen molar-refractivity contribution < 1.29 is 17.9 Å². The van der Waals surface area contributed by atoms with Crippen molar-refractivity contribution >= 4 is 16.1 Å². The third kappa shape index (κ3) is 4.65. The molecule has 7 nitrogen and oxygen atoms in total. The smallest absolute Gasteiger partial charge is 0.281 e. The SMILES string of the molecule is CN(C(=O)c1ccc(OC2CCN(S(=O)(=O)N(C)C)CC2)cc1)C(C1CC1)C1CC1. The quantitative estimate of drug-likeness (QED) is 0.629. The molecule has 0 aromatic heterocycles. The standard InChI is InChI=1S/C22H33N3O4S/c1-23(2)30(27,28)25-14-12-20(13-15-25)29-19-10-8-18(9-11-19)22(26)24(3)21(16-4-5-16)17-6-7-17/h8-11,16-17,20-21H,4-7,12-15H2,1-3H3. The number of benzene rings is 1. The molecular formula is C22H33N3O4S. The minimum Gasteiger partial charge on any atom is -0.490 e. The van der Waals surface area contributed by atoms with Crippen molar-refractivity contribution in [3.8, 4) is 5.75 Å². The summed E-state index contributed by atoms with van der Waals surface area (Å²) in [6, 6.07) is 7.80. The summed E-state index contributed by atoms with van der Waals surface area (Å²) in [6.07, 6.45) is 6.29. The van der Waals surface area contributed by atoms with Crippen molar-refractivity contribution in [2.24, 2.45) is 11.8 Å². The van der Waals surface area contributed by atoms with Crippen LogP contribution in [0.25, 0.3) is 0 Å². The first kappa shape index (κ1) is 21.6. The molecule has 2 aliphatic carbocycles. The Balaban J connectivity index is 1.31. The molecule has 1 aromatic carbocycles. The summed E-state index contributed by atoms with van der Waals surface area (Å²) in [5.41, 5.74) is 0.697. The number of ether oxygens (including phenoxy) is 1. The van der Waals surface area contributed by atoms with Crippen LogP contribution in [0.4, 0.5) is 0 Å². The Morgan fingerprint density at radius 1 is 0.967 bits per heavy atom. The Hall–Kier alpha value is -1.64. The van der Waals surface area contributed by atoms with E-state index in [2.05, 4.69) is 0 Å². The number of hydrogen-bond acceptors (Lipinski definition) is 4. The van der Waals surface area contributed by atoms with Crippen LogP contribution in [-0.4, -0.2) is 74.2 Å². The highest BCUT2D eigenvalue weighted by atomic mass is 32.2. The summed E-state index contributed by atoms with van der Waals surface area (Å²) in [7, 11) is 1.69. The molecule has 3 aliphatic rings. The van der Waals surface area contributed by atoms with E-state index in [-0.39, 0.29) is 12.0 Å². The molecule has 0 radical (unpaired) electrons. The first-order valence-electron chi connectivity index (χ1n) is 11.0. The van der Waals surface area contributed by atoms with Crippen LogP contribution in [0, 0.1) is 11.8 Å². The van der Waals surface area contributed by atoms with E-state index in [1.807, 2.05) is 36.2 Å². The highest BCUT2D eigenvalue weighted by Gasteiger charge is 2.45. The lowest BCUT2D eigenvalue weighted by Crippen LogP contribution is -2.46. The predicted molar refractivity (Wildman–Crippen MR) is 116 cm³/mol. The third-order valence-corrected chi connectivity index (χ3v) is 8.51.